The molecule has 1 aliphatic heterocycles. The minimum atomic E-state index is -4.47. The normalized spacial score (nSPS) is 15.1. The summed E-state index contributed by atoms with van der Waals surface area (Å²) in [5.41, 5.74) is -0.873. The van der Waals surface area contributed by atoms with Gasteiger partial charge in [-0.05, 0) is 18.2 Å². The molecule has 26 heavy (non-hydrogen) atoms. The van der Waals surface area contributed by atoms with Gasteiger partial charge in [-0.3, -0.25) is 4.79 Å². The number of rotatable bonds is 3. The molecule has 9 heteroatoms. The van der Waals surface area contributed by atoms with Crippen molar-refractivity contribution in [1.29, 1.82) is 0 Å². The van der Waals surface area contributed by atoms with Gasteiger partial charge in [-0.2, -0.15) is 18.2 Å². The van der Waals surface area contributed by atoms with Gasteiger partial charge < -0.3 is 15.1 Å². The van der Waals surface area contributed by atoms with E-state index < -0.39 is 11.7 Å². The van der Waals surface area contributed by atoms with E-state index in [1.54, 1.807) is 11.0 Å². The molecule has 6 nitrogen and oxygen atoms in total. The number of aromatic nitrogens is 2. The Kier molecular flexibility index (Phi) is 4.97. The molecule has 3 rings (SSSR count). The summed E-state index contributed by atoms with van der Waals surface area (Å²) in [6.45, 7) is 3.91. The lowest BCUT2D eigenvalue weighted by Crippen LogP contribution is -2.48. The molecule has 1 fully saturated rings. The third kappa shape index (κ3) is 4.04. The fourth-order valence-corrected chi connectivity index (χ4v) is 2.80. The number of halogens is 3. The molecular weight excluding hydrogens is 347 g/mol. The molecule has 1 aromatic carbocycles. The van der Waals surface area contributed by atoms with E-state index in [1.807, 2.05) is 4.90 Å². The van der Waals surface area contributed by atoms with Crippen molar-refractivity contribution >= 4 is 23.4 Å². The Bertz CT molecular complexity index is 788. The molecule has 1 aromatic heterocycles. The van der Waals surface area contributed by atoms with Crippen LogP contribution in [0, 0.1) is 0 Å². The number of carbonyl (C=O) groups is 1. The minimum Gasteiger partial charge on any atom is -0.353 e. The van der Waals surface area contributed by atoms with Crippen LogP contribution in [-0.2, 0) is 11.0 Å². The van der Waals surface area contributed by atoms with E-state index in [9.17, 15) is 18.0 Å². The highest BCUT2D eigenvalue weighted by atomic mass is 19.4. The third-order valence-corrected chi connectivity index (χ3v) is 4.17. The number of piperazine rings is 1. The van der Waals surface area contributed by atoms with Crippen molar-refractivity contribution in [2.75, 3.05) is 36.4 Å². The lowest BCUT2D eigenvalue weighted by molar-refractivity contribution is -0.137. The number of hydrogen-bond acceptors (Lipinski definition) is 5. The highest BCUT2D eigenvalue weighted by Gasteiger charge is 2.33. The average molecular weight is 365 g/mol. The van der Waals surface area contributed by atoms with Gasteiger partial charge in [-0.15, -0.1) is 0 Å². The lowest BCUT2D eigenvalue weighted by Gasteiger charge is -2.34. The number of amides is 1. The topological polar surface area (TPSA) is 61.4 Å². The molecule has 1 N–H and O–H groups in total. The highest BCUT2D eigenvalue weighted by molar-refractivity contribution is 5.73. The van der Waals surface area contributed by atoms with Gasteiger partial charge in [0.25, 0.3) is 0 Å². The van der Waals surface area contributed by atoms with Crippen LogP contribution < -0.4 is 10.2 Å². The predicted octanol–water partition coefficient (Wildman–Crippen LogP) is 2.91. The first-order chi connectivity index (χ1) is 12.3. The maximum Gasteiger partial charge on any atom is 0.418 e. The number of alkyl halides is 3. The van der Waals surface area contributed by atoms with Crippen LogP contribution in [-0.4, -0.2) is 47.0 Å². The summed E-state index contributed by atoms with van der Waals surface area (Å²) in [4.78, 5) is 23.4. The van der Waals surface area contributed by atoms with E-state index in [-0.39, 0.29) is 17.5 Å². The summed E-state index contributed by atoms with van der Waals surface area (Å²) >= 11 is 0. The van der Waals surface area contributed by atoms with E-state index in [2.05, 4.69) is 15.3 Å². The van der Waals surface area contributed by atoms with Crippen molar-refractivity contribution in [3.8, 4) is 0 Å². The number of nitrogens with zero attached hydrogens (tertiary/aromatic N) is 4. The van der Waals surface area contributed by atoms with Crippen LogP contribution >= 0.6 is 0 Å². The van der Waals surface area contributed by atoms with Crippen LogP contribution in [0.5, 0.6) is 0 Å². The monoisotopic (exact) mass is 365 g/mol. The molecule has 0 aliphatic carbocycles. The predicted molar refractivity (Wildman–Crippen MR) is 91.2 cm³/mol. The Balaban J connectivity index is 1.76. The number of anilines is 3. The van der Waals surface area contributed by atoms with Crippen molar-refractivity contribution < 1.29 is 18.0 Å². The minimum absolute atomic E-state index is 0.0263. The van der Waals surface area contributed by atoms with Gasteiger partial charge >= 0.3 is 6.18 Å². The number of carbonyl (C=O) groups excluding carboxylic acids is 1. The maximum absolute atomic E-state index is 13.1. The van der Waals surface area contributed by atoms with Gasteiger partial charge in [0.15, 0.2) is 0 Å². The second kappa shape index (κ2) is 7.19. The molecule has 0 atom stereocenters. The smallest absolute Gasteiger partial charge is 0.353 e. The van der Waals surface area contributed by atoms with E-state index in [0.717, 1.165) is 6.07 Å². The van der Waals surface area contributed by atoms with Crippen LogP contribution in [0.15, 0.2) is 36.5 Å². The molecular formula is C17H18F3N5O. The van der Waals surface area contributed by atoms with Crippen molar-refractivity contribution in [3.05, 3.63) is 42.1 Å². The second-order valence-electron chi connectivity index (χ2n) is 5.90. The molecule has 0 saturated carbocycles. The fraction of sp³-hybridized carbons (Fsp3) is 0.353. The average Bonchev–Trinajstić information content (AvgIpc) is 2.61. The number of nitrogens with one attached hydrogen (secondary N) is 1. The summed E-state index contributed by atoms with van der Waals surface area (Å²) < 4.78 is 39.3. The molecule has 1 saturated heterocycles. The molecule has 138 valence electrons. The first-order valence-corrected chi connectivity index (χ1v) is 8.11. The first-order valence-electron chi connectivity index (χ1n) is 8.11. The zero-order valence-electron chi connectivity index (χ0n) is 14.1. The number of para-hydroxylation sites is 1. The molecule has 2 aromatic rings. The van der Waals surface area contributed by atoms with Gasteiger partial charge in [0.1, 0.15) is 5.82 Å². The molecule has 0 radical (unpaired) electrons. The van der Waals surface area contributed by atoms with Gasteiger partial charge in [0.05, 0.1) is 11.3 Å². The maximum atomic E-state index is 13.1. The van der Waals surface area contributed by atoms with Gasteiger partial charge in [0.2, 0.25) is 11.9 Å². The Labute approximate surface area is 148 Å². The van der Waals surface area contributed by atoms with Crippen molar-refractivity contribution in [2.24, 2.45) is 0 Å². The molecule has 1 amide bonds. The summed E-state index contributed by atoms with van der Waals surface area (Å²) in [7, 11) is 0. The molecule has 0 spiro atoms. The molecule has 2 heterocycles. The Morgan fingerprint density at radius 3 is 2.46 bits per heavy atom. The largest absolute Gasteiger partial charge is 0.418 e. The van der Waals surface area contributed by atoms with E-state index in [0.29, 0.717) is 32.0 Å². The summed E-state index contributed by atoms with van der Waals surface area (Å²) in [5, 5.41) is 2.65. The van der Waals surface area contributed by atoms with Gasteiger partial charge in [-0.25, -0.2) is 4.98 Å². The number of benzene rings is 1. The Morgan fingerprint density at radius 2 is 1.81 bits per heavy atom. The zero-order chi connectivity index (χ0) is 18.7. The van der Waals surface area contributed by atoms with E-state index in [1.165, 1.54) is 31.3 Å². The summed E-state index contributed by atoms with van der Waals surface area (Å²) in [6, 6.07) is 6.89. The van der Waals surface area contributed by atoms with Crippen molar-refractivity contribution in [1.82, 2.24) is 14.9 Å². The second-order valence-corrected chi connectivity index (χ2v) is 5.90. The van der Waals surface area contributed by atoms with Crippen LogP contribution in [0.25, 0.3) is 0 Å². The molecule has 1 aliphatic rings. The van der Waals surface area contributed by atoms with E-state index >= 15 is 0 Å². The van der Waals surface area contributed by atoms with Crippen LogP contribution in [0.1, 0.15) is 12.5 Å². The van der Waals surface area contributed by atoms with Crippen LogP contribution in [0.3, 0.4) is 0 Å². The summed E-state index contributed by atoms with van der Waals surface area (Å²) in [6.07, 6.45) is -2.97. The van der Waals surface area contributed by atoms with Gasteiger partial charge in [-0.1, -0.05) is 12.1 Å². The van der Waals surface area contributed by atoms with E-state index in [4.69, 9.17) is 0 Å². The SMILES string of the molecule is CC(=O)N1CCN(c2ccnc(Nc3ccccc3C(F)(F)F)n2)CC1. The van der Waals surface area contributed by atoms with Crippen LogP contribution in [0.4, 0.5) is 30.6 Å². The third-order valence-electron chi connectivity index (χ3n) is 4.17. The quantitative estimate of drug-likeness (QED) is 0.906. The zero-order valence-corrected chi connectivity index (χ0v) is 14.1. The standard InChI is InChI=1S/C17H18F3N5O/c1-12(26)24-8-10-25(11-9-24)15-6-7-21-16(23-15)22-14-5-3-2-4-13(14)17(18,19)20/h2-7H,8-11H2,1H3,(H,21,22,23). The first kappa shape index (κ1) is 18.0. The Hall–Kier alpha value is -2.84. The van der Waals surface area contributed by atoms with Gasteiger partial charge in [0, 0.05) is 39.3 Å². The van der Waals surface area contributed by atoms with Crippen molar-refractivity contribution in [2.45, 2.75) is 13.1 Å². The lowest BCUT2D eigenvalue weighted by atomic mass is 10.1. The van der Waals surface area contributed by atoms with Crippen molar-refractivity contribution in [3.63, 3.8) is 0 Å². The highest BCUT2D eigenvalue weighted by Crippen LogP contribution is 2.35. The van der Waals surface area contributed by atoms with Crippen LogP contribution in [0.2, 0.25) is 0 Å². The Morgan fingerprint density at radius 1 is 1.12 bits per heavy atom. The number of hydrogen-bond donors (Lipinski definition) is 1. The molecule has 0 unspecified atom stereocenters. The fourth-order valence-electron chi connectivity index (χ4n) is 2.80. The summed E-state index contributed by atoms with van der Waals surface area (Å²) in [5.74, 6) is 0.724. The molecule has 0 bridgehead atoms.